The topological polar surface area (TPSA) is 40.5 Å². The molecule has 1 aliphatic rings. The molecule has 1 fully saturated rings. The van der Waals surface area contributed by atoms with Crippen LogP contribution in [-0.4, -0.2) is 34.1 Å². The maximum atomic E-state index is 10.3. The Morgan fingerprint density at radius 3 is 2.00 bits per heavy atom. The molecule has 0 unspecified atom stereocenters. The second-order valence-corrected chi connectivity index (χ2v) is 2.33. The van der Waals surface area contributed by atoms with Crippen LogP contribution in [0.25, 0.3) is 0 Å². The van der Waals surface area contributed by atoms with Crippen LogP contribution in [0.3, 0.4) is 0 Å². The van der Waals surface area contributed by atoms with Gasteiger partial charge >= 0.3 is 6.09 Å². The van der Waals surface area contributed by atoms with E-state index in [-0.39, 0.29) is 0 Å². The third-order valence-corrected chi connectivity index (χ3v) is 1.63. The van der Waals surface area contributed by atoms with Crippen molar-refractivity contribution in [2.45, 2.75) is 19.3 Å². The van der Waals surface area contributed by atoms with Crippen LogP contribution in [-0.2, 0) is 0 Å². The predicted molar refractivity (Wildman–Crippen MR) is 53.4 cm³/mol. The van der Waals surface area contributed by atoms with Crippen molar-refractivity contribution in [3.05, 3.63) is 0 Å². The number of piperidine rings is 1. The number of carboxylic acid groups (broad SMARTS) is 1. The maximum Gasteiger partial charge on any atom is 0.407 e. The molecule has 1 amide bonds. The van der Waals surface area contributed by atoms with Crippen LogP contribution in [0.15, 0.2) is 0 Å². The number of carbonyl (C=O) groups is 1. The molecule has 11 heavy (non-hydrogen) atoms. The molecule has 0 aromatic carbocycles. The van der Waals surface area contributed by atoms with Crippen LogP contribution in [0.4, 0.5) is 4.79 Å². The number of likely N-dealkylation sites (tertiary alicyclic amines) is 1. The largest absolute Gasteiger partial charge is 0.465 e. The zero-order valence-electron chi connectivity index (χ0n) is 6.72. The lowest BCUT2D eigenvalue weighted by atomic mass is 10.1. The zero-order valence-corrected chi connectivity index (χ0v) is 8.87. The van der Waals surface area contributed by atoms with Crippen LogP contribution in [0.1, 0.15) is 19.3 Å². The maximum absolute atomic E-state index is 10.3. The molecule has 3 nitrogen and oxygen atoms in total. The Labute approximate surface area is 80.9 Å². The van der Waals surface area contributed by atoms with Gasteiger partial charge in [-0.25, -0.2) is 4.79 Å². The van der Waals surface area contributed by atoms with Crippen LogP contribution < -0.4 is 0 Å². The number of halogens is 1. The van der Waals surface area contributed by atoms with E-state index in [4.69, 9.17) is 5.11 Å². The number of hydrogen-bond donors (Lipinski definition) is 1. The van der Waals surface area contributed by atoms with E-state index in [2.05, 4.69) is 22.6 Å². The number of hydrogen-bond acceptors (Lipinski definition) is 1. The molecule has 66 valence electrons. The van der Waals surface area contributed by atoms with Crippen molar-refractivity contribution in [2.75, 3.05) is 18.0 Å². The third kappa shape index (κ3) is 4.44. The fraction of sp³-hybridized carbons (Fsp3) is 0.857. The fourth-order valence-corrected chi connectivity index (χ4v) is 1.09. The van der Waals surface area contributed by atoms with Gasteiger partial charge in [-0.05, 0) is 24.2 Å². The van der Waals surface area contributed by atoms with E-state index in [1.807, 2.05) is 4.93 Å². The standard InChI is InChI=1S/C6H11NO2.CH3I/c8-6(9)7-4-2-1-3-5-7;1-2/h1-5H2,(H,8,9);1H3. The summed E-state index contributed by atoms with van der Waals surface area (Å²) in [6.45, 7) is 1.46. The summed E-state index contributed by atoms with van der Waals surface area (Å²) in [7, 11) is 0. The first-order valence-corrected chi connectivity index (χ1v) is 5.82. The summed E-state index contributed by atoms with van der Waals surface area (Å²) < 4.78 is 0. The van der Waals surface area contributed by atoms with Gasteiger partial charge in [-0.3, -0.25) is 0 Å². The average Bonchev–Trinajstić information content (AvgIpc) is 2.10. The fourth-order valence-electron chi connectivity index (χ4n) is 1.09. The van der Waals surface area contributed by atoms with E-state index >= 15 is 0 Å². The second kappa shape index (κ2) is 6.69. The highest BCUT2D eigenvalue weighted by Crippen LogP contribution is 2.07. The summed E-state index contributed by atoms with van der Waals surface area (Å²) in [4.78, 5) is 13.7. The van der Waals surface area contributed by atoms with Gasteiger partial charge in [-0.1, -0.05) is 22.6 Å². The van der Waals surface area contributed by atoms with E-state index in [0.717, 1.165) is 25.9 Å². The predicted octanol–water partition coefficient (Wildman–Crippen LogP) is 2.20. The van der Waals surface area contributed by atoms with Crippen molar-refractivity contribution in [3.63, 3.8) is 0 Å². The molecule has 1 heterocycles. The Kier molecular flexibility index (Phi) is 6.69. The van der Waals surface area contributed by atoms with Crippen molar-refractivity contribution in [2.24, 2.45) is 0 Å². The minimum atomic E-state index is -0.769. The van der Waals surface area contributed by atoms with Gasteiger partial charge in [-0.15, -0.1) is 0 Å². The Balaban J connectivity index is 0.000000461. The van der Waals surface area contributed by atoms with Crippen molar-refractivity contribution < 1.29 is 9.90 Å². The van der Waals surface area contributed by atoms with E-state index < -0.39 is 6.09 Å². The molecule has 1 aliphatic heterocycles. The normalized spacial score (nSPS) is 16.7. The Hall–Kier alpha value is 0. The molecular formula is C7H14INO2. The molecule has 0 aromatic rings. The quantitative estimate of drug-likeness (QED) is 0.542. The summed E-state index contributed by atoms with van der Waals surface area (Å²) in [6.07, 6.45) is 2.48. The van der Waals surface area contributed by atoms with Crippen LogP contribution >= 0.6 is 22.6 Å². The first-order chi connectivity index (χ1) is 5.30. The molecule has 0 bridgehead atoms. The molecule has 0 atom stereocenters. The Morgan fingerprint density at radius 2 is 1.73 bits per heavy atom. The summed E-state index contributed by atoms with van der Waals surface area (Å²) in [5, 5.41) is 8.46. The van der Waals surface area contributed by atoms with E-state index in [1.165, 1.54) is 11.3 Å². The summed E-state index contributed by atoms with van der Waals surface area (Å²) in [5.41, 5.74) is 0. The lowest BCUT2D eigenvalue weighted by molar-refractivity contribution is 0.136. The van der Waals surface area contributed by atoms with Crippen molar-refractivity contribution in [1.29, 1.82) is 0 Å². The van der Waals surface area contributed by atoms with Gasteiger partial charge < -0.3 is 10.0 Å². The number of rotatable bonds is 0. The molecule has 0 saturated carbocycles. The van der Waals surface area contributed by atoms with Gasteiger partial charge in [0.05, 0.1) is 0 Å². The molecule has 4 heteroatoms. The van der Waals surface area contributed by atoms with Crippen molar-refractivity contribution in [3.8, 4) is 0 Å². The smallest absolute Gasteiger partial charge is 0.407 e. The van der Waals surface area contributed by atoms with Gasteiger partial charge in [0.15, 0.2) is 0 Å². The number of alkyl halides is 1. The SMILES string of the molecule is CI.O=C(O)N1CCCCC1. The minimum absolute atomic E-state index is 0.731. The summed E-state index contributed by atoms with van der Waals surface area (Å²) in [5.74, 6) is 0. The molecule has 1 saturated heterocycles. The molecular weight excluding hydrogens is 257 g/mol. The number of amides is 1. The third-order valence-electron chi connectivity index (χ3n) is 1.63. The first kappa shape index (κ1) is 11.0. The van der Waals surface area contributed by atoms with E-state index in [9.17, 15) is 4.79 Å². The molecule has 1 rings (SSSR count). The average molecular weight is 271 g/mol. The lowest BCUT2D eigenvalue weighted by Crippen LogP contribution is -2.34. The molecule has 0 aliphatic carbocycles. The summed E-state index contributed by atoms with van der Waals surface area (Å²) >= 11 is 2.15. The monoisotopic (exact) mass is 271 g/mol. The highest BCUT2D eigenvalue weighted by molar-refractivity contribution is 14.1. The van der Waals surface area contributed by atoms with Crippen molar-refractivity contribution >= 4 is 28.7 Å². The van der Waals surface area contributed by atoms with Crippen LogP contribution in [0.2, 0.25) is 0 Å². The number of nitrogens with zero attached hydrogens (tertiary/aromatic N) is 1. The highest BCUT2D eigenvalue weighted by Gasteiger charge is 2.13. The van der Waals surface area contributed by atoms with E-state index in [1.54, 1.807) is 0 Å². The summed E-state index contributed by atoms with van der Waals surface area (Å²) in [6, 6.07) is 0. The Morgan fingerprint density at radius 1 is 1.27 bits per heavy atom. The zero-order chi connectivity index (χ0) is 8.69. The minimum Gasteiger partial charge on any atom is -0.465 e. The molecule has 1 N–H and O–H groups in total. The van der Waals surface area contributed by atoms with Crippen molar-refractivity contribution in [1.82, 2.24) is 4.90 Å². The lowest BCUT2D eigenvalue weighted by Gasteiger charge is -2.22. The van der Waals surface area contributed by atoms with Gasteiger partial charge in [0, 0.05) is 13.1 Å². The highest BCUT2D eigenvalue weighted by atomic mass is 127. The van der Waals surface area contributed by atoms with Gasteiger partial charge in [-0.2, -0.15) is 0 Å². The van der Waals surface area contributed by atoms with Gasteiger partial charge in [0.1, 0.15) is 0 Å². The van der Waals surface area contributed by atoms with Crippen LogP contribution in [0, 0.1) is 0 Å². The van der Waals surface area contributed by atoms with Gasteiger partial charge in [0.2, 0.25) is 0 Å². The molecule has 0 spiro atoms. The van der Waals surface area contributed by atoms with Gasteiger partial charge in [0.25, 0.3) is 0 Å². The molecule has 0 aromatic heterocycles. The first-order valence-electron chi connectivity index (χ1n) is 3.66. The Bertz CT molecular complexity index is 113. The van der Waals surface area contributed by atoms with E-state index in [0.29, 0.717) is 0 Å². The van der Waals surface area contributed by atoms with Crippen LogP contribution in [0.5, 0.6) is 0 Å². The molecule has 0 radical (unpaired) electrons. The second-order valence-electron chi connectivity index (χ2n) is 2.33.